The quantitative estimate of drug-likeness (QED) is 0.0222. The van der Waals surface area contributed by atoms with E-state index in [0.717, 1.165) is 102 Å². The summed E-state index contributed by atoms with van der Waals surface area (Å²) in [6.45, 7) is 7.22. The Bertz CT molecular complexity index is 1840. The van der Waals surface area contributed by atoms with Crippen LogP contribution >= 0.6 is 15.6 Å². The standard InChI is InChI=1S/C77H150O17P2/c1-6-9-12-15-17-19-21-23-25-27-29-31-33-38-42-46-51-56-61-75(80)88-67-73(94-77(82)63-57-52-47-43-39-34-32-30-28-26-24-22-20-18-16-13-10-7-2)69-92-96(85,86)90-65-71(78)64-89-95(83,84)91-68-72(66-87-74(79)60-55-49-14-11-8-3)93-76(81)62-58-53-48-44-40-36-35-37-41-45-50-54-59-70(4)5/h70-73,78H,6-69H2,1-5H3,(H,83,84)(H,85,86)/t71-,72+,73+/m0/s1. The molecule has 570 valence electrons. The Balaban J connectivity index is 5.13. The van der Waals surface area contributed by atoms with E-state index < -0.39 is 97.5 Å². The molecule has 0 bridgehead atoms. The van der Waals surface area contributed by atoms with Gasteiger partial charge in [0.25, 0.3) is 0 Å². The third-order valence-corrected chi connectivity index (χ3v) is 19.9. The predicted octanol–water partition coefficient (Wildman–Crippen LogP) is 22.9. The fourth-order valence-electron chi connectivity index (χ4n) is 11.9. The number of aliphatic hydroxyl groups excluding tert-OH is 1. The second-order valence-electron chi connectivity index (χ2n) is 28.2. The second-order valence-corrected chi connectivity index (χ2v) is 31.1. The molecule has 0 fully saturated rings. The lowest BCUT2D eigenvalue weighted by Gasteiger charge is -2.21. The zero-order valence-corrected chi connectivity index (χ0v) is 64.3. The smallest absolute Gasteiger partial charge is 0.462 e. The Morgan fingerprint density at radius 2 is 0.479 bits per heavy atom. The fraction of sp³-hybridized carbons (Fsp3) is 0.948. The topological polar surface area (TPSA) is 237 Å². The number of carbonyl (C=O) groups excluding carboxylic acids is 4. The number of ether oxygens (including phenoxy) is 4. The highest BCUT2D eigenvalue weighted by molar-refractivity contribution is 7.47. The molecule has 0 aliphatic carbocycles. The van der Waals surface area contributed by atoms with Gasteiger partial charge >= 0.3 is 39.5 Å². The Hall–Kier alpha value is -1.94. The van der Waals surface area contributed by atoms with E-state index in [-0.39, 0.29) is 25.7 Å². The molecule has 96 heavy (non-hydrogen) atoms. The molecular weight excluding hydrogens is 1260 g/mol. The average molecular weight is 1410 g/mol. The van der Waals surface area contributed by atoms with Gasteiger partial charge in [-0.2, -0.15) is 0 Å². The second kappa shape index (κ2) is 70.1. The minimum Gasteiger partial charge on any atom is -0.462 e. The highest BCUT2D eigenvalue weighted by Gasteiger charge is 2.30. The molecular formula is C77H150O17P2. The molecule has 0 aromatic carbocycles. The van der Waals surface area contributed by atoms with Crippen molar-refractivity contribution in [2.24, 2.45) is 5.92 Å². The maximum absolute atomic E-state index is 13.1. The largest absolute Gasteiger partial charge is 0.472 e. The third-order valence-electron chi connectivity index (χ3n) is 18.0. The van der Waals surface area contributed by atoms with Crippen LogP contribution in [0.25, 0.3) is 0 Å². The van der Waals surface area contributed by atoms with Gasteiger partial charge in [0.05, 0.1) is 26.4 Å². The molecule has 0 amide bonds. The highest BCUT2D eigenvalue weighted by atomic mass is 31.2. The number of phosphoric ester groups is 2. The SMILES string of the molecule is CCCCCCCCCCCCCCCCCCCCC(=O)OC[C@H](COP(=O)(O)OC[C@@H](O)COP(=O)(O)OC[C@@H](COC(=O)CCCCCCC)OC(=O)CCCCCCCCCCCCCCC(C)C)OC(=O)CCCCCCCCCCCCCCCCCCCC. The summed E-state index contributed by atoms with van der Waals surface area (Å²) >= 11 is 0. The number of aliphatic hydroxyl groups is 1. The van der Waals surface area contributed by atoms with E-state index in [1.54, 1.807) is 0 Å². The highest BCUT2D eigenvalue weighted by Crippen LogP contribution is 2.45. The lowest BCUT2D eigenvalue weighted by molar-refractivity contribution is -0.161. The van der Waals surface area contributed by atoms with Crippen molar-refractivity contribution in [3.05, 3.63) is 0 Å². The molecule has 0 saturated heterocycles. The van der Waals surface area contributed by atoms with Crippen LogP contribution in [0.4, 0.5) is 0 Å². The molecule has 0 rings (SSSR count). The summed E-state index contributed by atoms with van der Waals surface area (Å²) in [7, 11) is -9.90. The van der Waals surface area contributed by atoms with E-state index in [1.807, 2.05) is 0 Å². The first-order chi connectivity index (χ1) is 46.5. The van der Waals surface area contributed by atoms with Crippen LogP contribution in [0, 0.1) is 5.92 Å². The monoisotopic (exact) mass is 1410 g/mol. The van der Waals surface area contributed by atoms with E-state index in [1.165, 1.54) is 225 Å². The third kappa shape index (κ3) is 70.5. The van der Waals surface area contributed by atoms with Gasteiger partial charge in [-0.15, -0.1) is 0 Å². The fourth-order valence-corrected chi connectivity index (χ4v) is 13.5. The van der Waals surface area contributed by atoms with Gasteiger partial charge in [0.2, 0.25) is 0 Å². The van der Waals surface area contributed by atoms with Gasteiger partial charge < -0.3 is 33.8 Å². The van der Waals surface area contributed by atoms with E-state index in [0.29, 0.717) is 25.7 Å². The summed E-state index contributed by atoms with van der Waals surface area (Å²) in [5.74, 6) is -1.35. The molecule has 2 unspecified atom stereocenters. The van der Waals surface area contributed by atoms with E-state index in [2.05, 4.69) is 34.6 Å². The van der Waals surface area contributed by atoms with Crippen LogP contribution in [0.15, 0.2) is 0 Å². The zero-order chi connectivity index (χ0) is 70.5. The van der Waals surface area contributed by atoms with Crippen LogP contribution in [-0.4, -0.2) is 96.7 Å². The molecule has 0 aromatic heterocycles. The van der Waals surface area contributed by atoms with Crippen LogP contribution in [0.1, 0.15) is 407 Å². The maximum atomic E-state index is 13.1. The molecule has 0 spiro atoms. The molecule has 0 heterocycles. The minimum absolute atomic E-state index is 0.106. The summed E-state index contributed by atoms with van der Waals surface area (Å²) in [5, 5.41) is 10.6. The number of phosphoric acid groups is 2. The van der Waals surface area contributed by atoms with Crippen molar-refractivity contribution in [2.45, 2.75) is 425 Å². The molecule has 0 aliphatic rings. The normalized spacial score (nSPS) is 13.9. The lowest BCUT2D eigenvalue weighted by atomic mass is 10.0. The predicted molar refractivity (Wildman–Crippen MR) is 391 cm³/mol. The van der Waals surface area contributed by atoms with E-state index in [9.17, 15) is 43.2 Å². The summed E-state index contributed by atoms with van der Waals surface area (Å²) in [6.07, 6.45) is 60.1. The van der Waals surface area contributed by atoms with Crippen molar-refractivity contribution < 1.29 is 80.2 Å². The minimum atomic E-state index is -4.96. The van der Waals surface area contributed by atoms with Crippen molar-refractivity contribution >= 4 is 39.5 Å². The zero-order valence-electron chi connectivity index (χ0n) is 62.5. The number of unbranched alkanes of at least 4 members (excludes halogenated alkanes) is 49. The number of esters is 4. The van der Waals surface area contributed by atoms with Gasteiger partial charge in [0.1, 0.15) is 19.3 Å². The molecule has 19 heteroatoms. The molecule has 5 atom stereocenters. The molecule has 0 radical (unpaired) electrons. The van der Waals surface area contributed by atoms with E-state index >= 15 is 0 Å². The summed E-state index contributed by atoms with van der Waals surface area (Å²) in [5.41, 5.74) is 0. The Labute approximate surface area is 588 Å². The lowest BCUT2D eigenvalue weighted by Crippen LogP contribution is -2.30. The van der Waals surface area contributed by atoms with E-state index in [4.69, 9.17) is 37.0 Å². The Kier molecular flexibility index (Phi) is 68.7. The summed E-state index contributed by atoms with van der Waals surface area (Å²) in [6, 6.07) is 0. The number of rotatable bonds is 77. The van der Waals surface area contributed by atoms with Gasteiger partial charge in [-0.05, 0) is 31.6 Å². The number of hydrogen-bond donors (Lipinski definition) is 3. The Morgan fingerprint density at radius 3 is 0.708 bits per heavy atom. The first kappa shape index (κ1) is 94.1. The van der Waals surface area contributed by atoms with Crippen LogP contribution < -0.4 is 0 Å². The van der Waals surface area contributed by atoms with Crippen LogP contribution in [0.3, 0.4) is 0 Å². The van der Waals surface area contributed by atoms with Crippen molar-refractivity contribution in [3.8, 4) is 0 Å². The first-order valence-electron chi connectivity index (χ1n) is 40.1. The molecule has 0 saturated carbocycles. The van der Waals surface area contributed by atoms with Crippen LogP contribution in [-0.2, 0) is 65.4 Å². The first-order valence-corrected chi connectivity index (χ1v) is 43.1. The average Bonchev–Trinajstić information content (AvgIpc) is 1.12. The van der Waals surface area contributed by atoms with Gasteiger partial charge in [-0.3, -0.25) is 37.3 Å². The van der Waals surface area contributed by atoms with Gasteiger partial charge in [-0.25, -0.2) is 9.13 Å². The number of hydrogen-bond acceptors (Lipinski definition) is 15. The van der Waals surface area contributed by atoms with Crippen LogP contribution in [0.5, 0.6) is 0 Å². The van der Waals surface area contributed by atoms with Gasteiger partial charge in [-0.1, -0.05) is 356 Å². The molecule has 17 nitrogen and oxygen atoms in total. The summed E-state index contributed by atoms with van der Waals surface area (Å²) < 4.78 is 68.4. The van der Waals surface area contributed by atoms with Crippen molar-refractivity contribution in [1.29, 1.82) is 0 Å². The molecule has 0 aliphatic heterocycles. The number of carbonyl (C=O) groups is 4. The molecule has 0 aromatic rings. The van der Waals surface area contributed by atoms with Crippen LogP contribution in [0.2, 0.25) is 0 Å². The maximum Gasteiger partial charge on any atom is 0.472 e. The Morgan fingerprint density at radius 1 is 0.281 bits per heavy atom. The van der Waals surface area contributed by atoms with Gasteiger partial charge in [0.15, 0.2) is 12.2 Å². The molecule has 3 N–H and O–H groups in total. The van der Waals surface area contributed by atoms with Crippen molar-refractivity contribution in [3.63, 3.8) is 0 Å². The van der Waals surface area contributed by atoms with Gasteiger partial charge in [0, 0.05) is 25.7 Å². The van der Waals surface area contributed by atoms with Crippen molar-refractivity contribution in [1.82, 2.24) is 0 Å². The summed E-state index contributed by atoms with van der Waals surface area (Å²) in [4.78, 5) is 72.6. The van der Waals surface area contributed by atoms with Crippen molar-refractivity contribution in [2.75, 3.05) is 39.6 Å².